The van der Waals surface area contributed by atoms with Crippen LogP contribution in [0.4, 0.5) is 5.82 Å². The van der Waals surface area contributed by atoms with Crippen molar-refractivity contribution >= 4 is 5.82 Å². The summed E-state index contributed by atoms with van der Waals surface area (Å²) in [5.41, 5.74) is 7.63. The van der Waals surface area contributed by atoms with Gasteiger partial charge in [0.25, 0.3) is 0 Å². The molecule has 6 heteroatoms. The van der Waals surface area contributed by atoms with Gasteiger partial charge in [0.05, 0.1) is 31.4 Å². The fourth-order valence-corrected chi connectivity index (χ4v) is 1.81. The lowest BCUT2D eigenvalue weighted by Gasteiger charge is -2.11. The standard InChI is InChI=1S/C14H21N5O/c1-18(2)5-7-20-8-6-19-11-16-10-13(19)12-3-4-14(15)17-9-12/h3-4,9-11H,5-8H2,1-2H3,(H2,15,17). The van der Waals surface area contributed by atoms with Gasteiger partial charge in [-0.25, -0.2) is 9.97 Å². The van der Waals surface area contributed by atoms with Crippen molar-refractivity contribution in [1.82, 2.24) is 19.4 Å². The van der Waals surface area contributed by atoms with E-state index in [2.05, 4.69) is 19.4 Å². The first-order valence-electron chi connectivity index (χ1n) is 6.61. The number of nitrogens with two attached hydrogens (primary N) is 1. The molecule has 0 bridgehead atoms. The number of imidazole rings is 1. The van der Waals surface area contributed by atoms with Gasteiger partial charge in [0.2, 0.25) is 0 Å². The van der Waals surface area contributed by atoms with Gasteiger partial charge in [-0.2, -0.15) is 0 Å². The highest BCUT2D eigenvalue weighted by molar-refractivity contribution is 5.59. The van der Waals surface area contributed by atoms with Crippen LogP contribution < -0.4 is 5.73 Å². The maximum absolute atomic E-state index is 5.60. The molecule has 2 N–H and O–H groups in total. The van der Waals surface area contributed by atoms with Gasteiger partial charge in [-0.05, 0) is 26.2 Å². The van der Waals surface area contributed by atoms with Crippen LogP contribution in [0.5, 0.6) is 0 Å². The maximum Gasteiger partial charge on any atom is 0.123 e. The second-order valence-electron chi connectivity index (χ2n) is 4.86. The minimum absolute atomic E-state index is 0.520. The molecule has 0 saturated heterocycles. The van der Waals surface area contributed by atoms with Gasteiger partial charge in [0.1, 0.15) is 5.82 Å². The third-order valence-electron chi connectivity index (χ3n) is 2.95. The minimum atomic E-state index is 0.520. The van der Waals surface area contributed by atoms with Gasteiger partial charge in [-0.1, -0.05) is 0 Å². The second-order valence-corrected chi connectivity index (χ2v) is 4.86. The van der Waals surface area contributed by atoms with Crippen LogP contribution in [-0.2, 0) is 11.3 Å². The van der Waals surface area contributed by atoms with E-state index in [4.69, 9.17) is 10.5 Å². The smallest absolute Gasteiger partial charge is 0.123 e. The summed E-state index contributed by atoms with van der Waals surface area (Å²) in [7, 11) is 4.07. The predicted octanol–water partition coefficient (Wildman–Crippen LogP) is 1.11. The number of ether oxygens (including phenoxy) is 1. The monoisotopic (exact) mass is 275 g/mol. The Kier molecular flexibility index (Phi) is 5.09. The highest BCUT2D eigenvalue weighted by atomic mass is 16.5. The van der Waals surface area contributed by atoms with Crippen molar-refractivity contribution < 1.29 is 4.74 Å². The summed E-state index contributed by atoms with van der Waals surface area (Å²) >= 11 is 0. The molecule has 2 aromatic heterocycles. The molecule has 0 aliphatic rings. The number of pyridine rings is 1. The lowest BCUT2D eigenvalue weighted by atomic mass is 10.2. The van der Waals surface area contributed by atoms with Crippen LogP contribution in [0, 0.1) is 0 Å². The van der Waals surface area contributed by atoms with Crippen molar-refractivity contribution in [3.05, 3.63) is 30.9 Å². The van der Waals surface area contributed by atoms with Crippen molar-refractivity contribution in [1.29, 1.82) is 0 Å². The Morgan fingerprint density at radius 2 is 2.10 bits per heavy atom. The Hall–Kier alpha value is -1.92. The predicted molar refractivity (Wildman–Crippen MR) is 79.2 cm³/mol. The molecule has 0 spiro atoms. The topological polar surface area (TPSA) is 69.2 Å². The molecule has 108 valence electrons. The molecule has 2 aromatic rings. The van der Waals surface area contributed by atoms with Gasteiger partial charge >= 0.3 is 0 Å². The zero-order chi connectivity index (χ0) is 14.4. The van der Waals surface area contributed by atoms with Crippen LogP contribution in [0.2, 0.25) is 0 Å². The maximum atomic E-state index is 5.60. The van der Waals surface area contributed by atoms with Gasteiger partial charge in [0.15, 0.2) is 0 Å². The summed E-state index contributed by atoms with van der Waals surface area (Å²) in [5.74, 6) is 0.520. The van der Waals surface area contributed by atoms with Gasteiger partial charge in [0, 0.05) is 24.8 Å². The number of nitrogen functional groups attached to an aromatic ring is 1. The molecule has 0 saturated carbocycles. The van der Waals surface area contributed by atoms with E-state index in [0.717, 1.165) is 31.0 Å². The summed E-state index contributed by atoms with van der Waals surface area (Å²) in [6.07, 6.45) is 5.39. The number of likely N-dealkylation sites (N-methyl/N-ethyl adjacent to an activating group) is 1. The minimum Gasteiger partial charge on any atom is -0.384 e. The van der Waals surface area contributed by atoms with Crippen LogP contribution in [0.1, 0.15) is 0 Å². The quantitative estimate of drug-likeness (QED) is 0.766. The first-order chi connectivity index (χ1) is 9.66. The molecular formula is C14H21N5O. The second kappa shape index (κ2) is 7.02. The summed E-state index contributed by atoms with van der Waals surface area (Å²) in [5, 5.41) is 0. The number of nitrogens with zero attached hydrogens (tertiary/aromatic N) is 4. The van der Waals surface area contributed by atoms with E-state index >= 15 is 0 Å². The van der Waals surface area contributed by atoms with E-state index in [1.807, 2.05) is 26.4 Å². The third-order valence-corrected chi connectivity index (χ3v) is 2.95. The first-order valence-corrected chi connectivity index (χ1v) is 6.61. The Morgan fingerprint density at radius 1 is 1.25 bits per heavy atom. The van der Waals surface area contributed by atoms with Gasteiger partial charge in [-0.15, -0.1) is 0 Å². The van der Waals surface area contributed by atoms with E-state index in [1.54, 1.807) is 18.6 Å². The van der Waals surface area contributed by atoms with Crippen LogP contribution in [-0.4, -0.2) is 53.3 Å². The van der Waals surface area contributed by atoms with E-state index in [-0.39, 0.29) is 0 Å². The fraction of sp³-hybridized carbons (Fsp3) is 0.429. The van der Waals surface area contributed by atoms with Crippen molar-refractivity contribution in [2.75, 3.05) is 39.6 Å². The molecule has 2 rings (SSSR count). The molecule has 0 unspecified atom stereocenters. The van der Waals surface area contributed by atoms with Crippen LogP contribution in [0.25, 0.3) is 11.3 Å². The first kappa shape index (κ1) is 14.5. The number of hydrogen-bond acceptors (Lipinski definition) is 5. The van der Waals surface area contributed by atoms with Crippen molar-refractivity contribution in [2.24, 2.45) is 0 Å². The lowest BCUT2D eigenvalue weighted by molar-refractivity contribution is 0.111. The molecular weight excluding hydrogens is 254 g/mol. The average Bonchev–Trinajstić information content (AvgIpc) is 2.87. The summed E-state index contributed by atoms with van der Waals surface area (Å²) in [6, 6.07) is 3.74. The molecule has 0 aliphatic heterocycles. The number of anilines is 1. The SMILES string of the molecule is CN(C)CCOCCn1cncc1-c1ccc(N)nc1. The Labute approximate surface area is 119 Å². The summed E-state index contributed by atoms with van der Waals surface area (Å²) < 4.78 is 7.66. The molecule has 6 nitrogen and oxygen atoms in total. The molecule has 0 atom stereocenters. The molecule has 20 heavy (non-hydrogen) atoms. The zero-order valence-electron chi connectivity index (χ0n) is 12.0. The van der Waals surface area contributed by atoms with Crippen molar-refractivity contribution in [2.45, 2.75) is 6.54 Å². The Bertz CT molecular complexity index is 521. The van der Waals surface area contributed by atoms with Gasteiger partial charge in [-0.3, -0.25) is 0 Å². The largest absolute Gasteiger partial charge is 0.384 e. The third kappa shape index (κ3) is 4.04. The number of aromatic nitrogens is 3. The molecule has 0 amide bonds. The summed E-state index contributed by atoms with van der Waals surface area (Å²) in [4.78, 5) is 10.4. The average molecular weight is 275 g/mol. The highest BCUT2D eigenvalue weighted by Gasteiger charge is 2.05. The molecule has 2 heterocycles. The lowest BCUT2D eigenvalue weighted by Crippen LogP contribution is -2.19. The van der Waals surface area contributed by atoms with E-state index in [0.29, 0.717) is 12.4 Å². The van der Waals surface area contributed by atoms with Crippen molar-refractivity contribution in [3.63, 3.8) is 0 Å². The van der Waals surface area contributed by atoms with E-state index in [9.17, 15) is 0 Å². The molecule has 0 aliphatic carbocycles. The highest BCUT2D eigenvalue weighted by Crippen LogP contribution is 2.18. The van der Waals surface area contributed by atoms with E-state index in [1.165, 1.54) is 0 Å². The number of rotatable bonds is 7. The number of hydrogen-bond donors (Lipinski definition) is 1. The normalized spacial score (nSPS) is 11.2. The van der Waals surface area contributed by atoms with Crippen molar-refractivity contribution in [3.8, 4) is 11.3 Å². The molecule has 0 aromatic carbocycles. The molecule has 0 fully saturated rings. The van der Waals surface area contributed by atoms with Crippen LogP contribution >= 0.6 is 0 Å². The van der Waals surface area contributed by atoms with Crippen LogP contribution in [0.15, 0.2) is 30.9 Å². The van der Waals surface area contributed by atoms with E-state index < -0.39 is 0 Å². The Balaban J connectivity index is 1.90. The fourth-order valence-electron chi connectivity index (χ4n) is 1.81. The Morgan fingerprint density at radius 3 is 2.80 bits per heavy atom. The van der Waals surface area contributed by atoms with Gasteiger partial charge < -0.3 is 19.9 Å². The zero-order valence-corrected chi connectivity index (χ0v) is 12.0. The summed E-state index contributed by atoms with van der Waals surface area (Å²) in [6.45, 7) is 3.10. The molecule has 0 radical (unpaired) electrons. The van der Waals surface area contributed by atoms with Crippen LogP contribution in [0.3, 0.4) is 0 Å².